The molecule has 0 unspecified atom stereocenters. The maximum atomic E-state index is 10.4. The molecule has 0 fully saturated rings. The maximum absolute atomic E-state index is 10.4. The van der Waals surface area contributed by atoms with Gasteiger partial charge in [-0.1, -0.05) is 12.2 Å². The molecule has 1 aromatic rings. The summed E-state index contributed by atoms with van der Waals surface area (Å²) in [4.78, 5) is 10.4. The molecule has 0 aliphatic rings. The lowest BCUT2D eigenvalue weighted by atomic mass is 10.4. The summed E-state index contributed by atoms with van der Waals surface area (Å²) in [5.41, 5.74) is 0.725. The lowest BCUT2D eigenvalue weighted by Crippen LogP contribution is -1.97. The number of hydrogen-bond acceptors (Lipinski definition) is 1. The number of allylic oxidation sites excluding steroid dienone is 2. The Bertz CT molecular complexity index is 260. The second kappa shape index (κ2) is 3.76. The highest BCUT2D eigenvalue weighted by Gasteiger charge is 1.94. The molecule has 0 amide bonds. The van der Waals surface area contributed by atoms with Crippen molar-refractivity contribution in [1.29, 1.82) is 0 Å². The first-order valence-corrected chi connectivity index (χ1v) is 3.60. The van der Waals surface area contributed by atoms with E-state index in [1.165, 1.54) is 0 Å². The van der Waals surface area contributed by atoms with Crippen LogP contribution in [0.1, 0.15) is 17.4 Å². The number of carbonyl (C=O) groups is 1. The molecule has 58 valence electrons. The molecular formula is C9H11NO. The first-order chi connectivity index (χ1) is 5.38. The van der Waals surface area contributed by atoms with Crippen LogP contribution in [-0.4, -0.2) is 10.9 Å². The van der Waals surface area contributed by atoms with Crippen LogP contribution in [0, 0.1) is 0 Å². The van der Waals surface area contributed by atoms with Gasteiger partial charge in [0.1, 0.15) is 0 Å². The van der Waals surface area contributed by atoms with E-state index in [1.807, 2.05) is 35.9 Å². The molecule has 0 N–H and O–H groups in total. The Hall–Kier alpha value is -1.31. The van der Waals surface area contributed by atoms with Gasteiger partial charge in [-0.25, -0.2) is 0 Å². The summed E-state index contributed by atoms with van der Waals surface area (Å²) in [6.45, 7) is 2.74. The molecule has 2 nitrogen and oxygen atoms in total. The number of nitrogens with zero attached hydrogens (tertiary/aromatic N) is 1. The van der Waals surface area contributed by atoms with E-state index in [2.05, 4.69) is 0 Å². The minimum Gasteiger partial charge on any atom is -0.342 e. The van der Waals surface area contributed by atoms with Crippen LogP contribution < -0.4 is 0 Å². The van der Waals surface area contributed by atoms with E-state index in [1.54, 1.807) is 6.07 Å². The summed E-state index contributed by atoms with van der Waals surface area (Å²) in [7, 11) is 0. The zero-order chi connectivity index (χ0) is 8.10. The Morgan fingerprint density at radius 1 is 1.64 bits per heavy atom. The van der Waals surface area contributed by atoms with Gasteiger partial charge < -0.3 is 4.57 Å². The molecule has 11 heavy (non-hydrogen) atoms. The molecule has 0 saturated carbocycles. The Morgan fingerprint density at radius 2 is 2.45 bits per heavy atom. The van der Waals surface area contributed by atoms with Gasteiger partial charge >= 0.3 is 0 Å². The fourth-order valence-electron chi connectivity index (χ4n) is 0.920. The van der Waals surface area contributed by atoms with Crippen molar-refractivity contribution in [2.24, 2.45) is 0 Å². The summed E-state index contributed by atoms with van der Waals surface area (Å²) in [6.07, 6.45) is 6.73. The van der Waals surface area contributed by atoms with Gasteiger partial charge in [0.25, 0.3) is 0 Å². The largest absolute Gasteiger partial charge is 0.342 e. The Balaban J connectivity index is 2.76. The third-order valence-corrected chi connectivity index (χ3v) is 1.52. The van der Waals surface area contributed by atoms with Crippen molar-refractivity contribution >= 4 is 6.29 Å². The SMILES string of the molecule is C/C=C/Cn1cccc1C=O. The summed E-state index contributed by atoms with van der Waals surface area (Å²) >= 11 is 0. The fourth-order valence-corrected chi connectivity index (χ4v) is 0.920. The monoisotopic (exact) mass is 149 g/mol. The quantitative estimate of drug-likeness (QED) is 0.475. The molecule has 2 heteroatoms. The Labute approximate surface area is 66.1 Å². The number of hydrogen-bond donors (Lipinski definition) is 0. The minimum absolute atomic E-state index is 0.725. The van der Waals surface area contributed by atoms with Crippen LogP contribution in [0.15, 0.2) is 30.5 Å². The molecule has 1 rings (SSSR count). The Kier molecular flexibility index (Phi) is 2.66. The summed E-state index contributed by atoms with van der Waals surface area (Å²) in [5, 5.41) is 0. The fraction of sp³-hybridized carbons (Fsp3) is 0.222. The van der Waals surface area contributed by atoms with Crippen LogP contribution in [0.25, 0.3) is 0 Å². The highest BCUT2D eigenvalue weighted by molar-refractivity contribution is 5.72. The van der Waals surface area contributed by atoms with E-state index in [0.29, 0.717) is 0 Å². The molecule has 0 aromatic carbocycles. The smallest absolute Gasteiger partial charge is 0.166 e. The average molecular weight is 149 g/mol. The van der Waals surface area contributed by atoms with Gasteiger partial charge in [0, 0.05) is 12.7 Å². The number of aldehydes is 1. The zero-order valence-electron chi connectivity index (χ0n) is 6.53. The normalized spacial score (nSPS) is 10.6. The zero-order valence-corrected chi connectivity index (χ0v) is 6.53. The molecule has 0 atom stereocenters. The van der Waals surface area contributed by atoms with Crippen molar-refractivity contribution in [1.82, 2.24) is 4.57 Å². The van der Waals surface area contributed by atoms with Crippen molar-refractivity contribution < 1.29 is 4.79 Å². The summed E-state index contributed by atoms with van der Waals surface area (Å²) < 4.78 is 1.90. The van der Waals surface area contributed by atoms with Gasteiger partial charge in [0.05, 0.1) is 5.69 Å². The van der Waals surface area contributed by atoms with E-state index in [-0.39, 0.29) is 0 Å². The lowest BCUT2D eigenvalue weighted by Gasteiger charge is -1.98. The second-order valence-electron chi connectivity index (χ2n) is 2.27. The van der Waals surface area contributed by atoms with E-state index in [0.717, 1.165) is 18.5 Å². The molecule has 1 aromatic heterocycles. The van der Waals surface area contributed by atoms with Crippen LogP contribution >= 0.6 is 0 Å². The topological polar surface area (TPSA) is 22.0 Å². The standard InChI is InChI=1S/C9H11NO/c1-2-3-6-10-7-4-5-9(10)8-11/h2-5,7-8H,6H2,1H3/b3-2+. The lowest BCUT2D eigenvalue weighted by molar-refractivity contribution is 0.111. The number of aromatic nitrogens is 1. The molecule has 0 bridgehead atoms. The predicted molar refractivity (Wildman–Crippen MR) is 44.6 cm³/mol. The van der Waals surface area contributed by atoms with E-state index >= 15 is 0 Å². The molecule has 0 aliphatic heterocycles. The third-order valence-electron chi connectivity index (χ3n) is 1.52. The van der Waals surface area contributed by atoms with Crippen LogP contribution in [0.2, 0.25) is 0 Å². The van der Waals surface area contributed by atoms with E-state index < -0.39 is 0 Å². The maximum Gasteiger partial charge on any atom is 0.166 e. The molecule has 0 radical (unpaired) electrons. The number of rotatable bonds is 3. The summed E-state index contributed by atoms with van der Waals surface area (Å²) in [6, 6.07) is 3.67. The third kappa shape index (κ3) is 1.80. The predicted octanol–water partition coefficient (Wildman–Crippen LogP) is 1.88. The van der Waals surface area contributed by atoms with Gasteiger partial charge in [0.15, 0.2) is 6.29 Å². The van der Waals surface area contributed by atoms with Crippen molar-refractivity contribution in [3.05, 3.63) is 36.2 Å². The van der Waals surface area contributed by atoms with Crippen molar-refractivity contribution in [2.45, 2.75) is 13.5 Å². The summed E-state index contributed by atoms with van der Waals surface area (Å²) in [5.74, 6) is 0. The van der Waals surface area contributed by atoms with E-state index in [9.17, 15) is 4.79 Å². The van der Waals surface area contributed by atoms with Gasteiger partial charge in [-0.3, -0.25) is 4.79 Å². The first-order valence-electron chi connectivity index (χ1n) is 3.60. The van der Waals surface area contributed by atoms with Gasteiger partial charge in [-0.15, -0.1) is 0 Å². The van der Waals surface area contributed by atoms with Crippen LogP contribution in [0.4, 0.5) is 0 Å². The van der Waals surface area contributed by atoms with Crippen LogP contribution in [0.3, 0.4) is 0 Å². The highest BCUT2D eigenvalue weighted by Crippen LogP contribution is 1.98. The molecule has 1 heterocycles. The molecule has 0 spiro atoms. The minimum atomic E-state index is 0.725. The van der Waals surface area contributed by atoms with E-state index in [4.69, 9.17) is 0 Å². The van der Waals surface area contributed by atoms with Crippen molar-refractivity contribution in [2.75, 3.05) is 0 Å². The highest BCUT2D eigenvalue weighted by atomic mass is 16.1. The van der Waals surface area contributed by atoms with Crippen LogP contribution in [0.5, 0.6) is 0 Å². The van der Waals surface area contributed by atoms with Crippen molar-refractivity contribution in [3.8, 4) is 0 Å². The van der Waals surface area contributed by atoms with Gasteiger partial charge in [0.2, 0.25) is 0 Å². The molecule has 0 aliphatic carbocycles. The molecular weight excluding hydrogens is 138 g/mol. The first kappa shape index (κ1) is 7.79. The van der Waals surface area contributed by atoms with Crippen molar-refractivity contribution in [3.63, 3.8) is 0 Å². The number of carbonyl (C=O) groups excluding carboxylic acids is 1. The Morgan fingerprint density at radius 3 is 3.09 bits per heavy atom. The van der Waals surface area contributed by atoms with Gasteiger partial charge in [-0.2, -0.15) is 0 Å². The molecule has 0 saturated heterocycles. The van der Waals surface area contributed by atoms with Gasteiger partial charge in [-0.05, 0) is 19.1 Å². The van der Waals surface area contributed by atoms with Crippen LogP contribution in [-0.2, 0) is 6.54 Å². The average Bonchev–Trinajstić information content (AvgIpc) is 2.47. The second-order valence-corrected chi connectivity index (χ2v) is 2.27.